The number of rotatable bonds is 3. The third kappa shape index (κ3) is 2.71. The molecule has 0 saturated heterocycles. The molecule has 0 unspecified atom stereocenters. The Morgan fingerprint density at radius 3 is 2.95 bits per heavy atom. The van der Waals surface area contributed by atoms with Gasteiger partial charge in [0.1, 0.15) is 5.75 Å². The molecular formula is C12H13N2O4PS. The lowest BCUT2D eigenvalue weighted by molar-refractivity contribution is 0.300. The zero-order valence-corrected chi connectivity index (χ0v) is 12.2. The van der Waals surface area contributed by atoms with Crippen molar-refractivity contribution in [3.8, 4) is 17.0 Å². The largest absolute Gasteiger partial charge is 0.481 e. The van der Waals surface area contributed by atoms with Gasteiger partial charge < -0.3 is 20.3 Å². The van der Waals surface area contributed by atoms with E-state index in [1.54, 1.807) is 6.07 Å². The second kappa shape index (κ2) is 4.86. The highest BCUT2D eigenvalue weighted by molar-refractivity contribution is 7.51. The number of ether oxygens (including phenoxy) is 1. The quantitative estimate of drug-likeness (QED) is 0.749. The molecule has 0 bridgehead atoms. The van der Waals surface area contributed by atoms with Crippen LogP contribution in [-0.2, 0) is 17.4 Å². The lowest BCUT2D eigenvalue weighted by Gasteiger charge is -2.16. The molecule has 0 amide bonds. The van der Waals surface area contributed by atoms with Crippen LogP contribution in [0.25, 0.3) is 11.3 Å². The smallest absolute Gasteiger partial charge is 0.362 e. The minimum Gasteiger partial charge on any atom is -0.481 e. The summed E-state index contributed by atoms with van der Waals surface area (Å²) in [5.74, 6) is 0.457. The number of nitrogens with two attached hydrogens (primary N) is 1. The fourth-order valence-corrected chi connectivity index (χ4v) is 3.42. The van der Waals surface area contributed by atoms with E-state index in [0.29, 0.717) is 10.9 Å². The molecule has 0 spiro atoms. The van der Waals surface area contributed by atoms with Crippen LogP contribution in [0.4, 0.5) is 5.13 Å². The highest BCUT2D eigenvalue weighted by atomic mass is 32.1. The van der Waals surface area contributed by atoms with Crippen molar-refractivity contribution in [2.24, 2.45) is 0 Å². The Morgan fingerprint density at radius 2 is 2.20 bits per heavy atom. The zero-order valence-electron chi connectivity index (χ0n) is 10.4. The summed E-state index contributed by atoms with van der Waals surface area (Å²) in [6.45, 7) is 0. The molecule has 1 heterocycles. The van der Waals surface area contributed by atoms with Gasteiger partial charge in [-0.05, 0) is 36.6 Å². The Kier molecular flexibility index (Phi) is 3.30. The van der Waals surface area contributed by atoms with E-state index in [2.05, 4.69) is 4.98 Å². The van der Waals surface area contributed by atoms with E-state index in [0.717, 1.165) is 29.7 Å². The van der Waals surface area contributed by atoms with Gasteiger partial charge in [-0.2, -0.15) is 0 Å². The zero-order chi connectivity index (χ0) is 14.3. The first-order valence-electron chi connectivity index (χ1n) is 5.98. The third-order valence-corrected chi connectivity index (χ3v) is 4.48. The lowest BCUT2D eigenvalue weighted by atomic mass is 9.93. The van der Waals surface area contributed by atoms with Crippen LogP contribution >= 0.6 is 18.9 Å². The first-order valence-corrected chi connectivity index (χ1v) is 8.59. The number of hydrogen-bond acceptors (Lipinski definition) is 5. The van der Waals surface area contributed by atoms with Gasteiger partial charge in [-0.15, -0.1) is 11.3 Å². The first kappa shape index (κ1) is 13.6. The molecule has 3 rings (SSSR count). The predicted molar refractivity (Wildman–Crippen MR) is 76.9 cm³/mol. The van der Waals surface area contributed by atoms with Crippen LogP contribution in [0, 0.1) is 0 Å². The Bertz CT molecular complexity index is 709. The summed E-state index contributed by atoms with van der Waals surface area (Å²) in [7, 11) is -4.16. The molecule has 1 aliphatic rings. The molecule has 0 fully saturated rings. The van der Waals surface area contributed by atoms with Crippen molar-refractivity contribution in [3.05, 3.63) is 28.6 Å². The number of nitrogens with zero attached hydrogens (tertiary/aromatic N) is 1. The van der Waals surface area contributed by atoms with Crippen molar-refractivity contribution in [3.63, 3.8) is 0 Å². The highest BCUT2D eigenvalue weighted by Gasteiger charge is 2.21. The minimum atomic E-state index is -4.16. The predicted octanol–water partition coefficient (Wildman–Crippen LogP) is 2.00. The van der Waals surface area contributed by atoms with Gasteiger partial charge in [-0.1, -0.05) is 0 Å². The average molecular weight is 312 g/mol. The number of fused-ring (bicyclic) bond motifs is 3. The number of aromatic nitrogens is 1. The van der Waals surface area contributed by atoms with E-state index in [1.807, 2.05) is 12.1 Å². The topological polar surface area (TPSA) is 106 Å². The highest BCUT2D eigenvalue weighted by Crippen LogP contribution is 2.39. The second-order valence-electron chi connectivity index (χ2n) is 4.58. The number of anilines is 1. The van der Waals surface area contributed by atoms with Gasteiger partial charge in [-0.3, -0.25) is 4.57 Å². The summed E-state index contributed by atoms with van der Waals surface area (Å²) in [6.07, 6.45) is 1.11. The standard InChI is InChI=1S/C12H13N2O4PS/c13-12-14-11-9-3-2-8(18-6-19(15,16)17)5-7(9)1-4-10(11)20-12/h2-3,5H,1,4,6H2,(H2,13,14)(H2,15,16,17). The summed E-state index contributed by atoms with van der Waals surface area (Å²) in [4.78, 5) is 23.1. The molecule has 1 aliphatic carbocycles. The van der Waals surface area contributed by atoms with Crippen LogP contribution in [0.3, 0.4) is 0 Å². The summed E-state index contributed by atoms with van der Waals surface area (Å²) < 4.78 is 15.9. The van der Waals surface area contributed by atoms with Crippen molar-refractivity contribution in [1.82, 2.24) is 4.98 Å². The molecule has 0 saturated carbocycles. The van der Waals surface area contributed by atoms with Gasteiger partial charge in [-0.25, -0.2) is 4.98 Å². The molecule has 8 heteroatoms. The first-order chi connectivity index (χ1) is 9.42. The van der Waals surface area contributed by atoms with Crippen LogP contribution in [0.15, 0.2) is 18.2 Å². The molecule has 1 aromatic heterocycles. The summed E-state index contributed by atoms with van der Waals surface area (Å²) in [6, 6.07) is 5.37. The Balaban J connectivity index is 1.90. The van der Waals surface area contributed by atoms with Crippen LogP contribution in [0.5, 0.6) is 5.75 Å². The van der Waals surface area contributed by atoms with Crippen molar-refractivity contribution < 1.29 is 19.1 Å². The van der Waals surface area contributed by atoms with Crippen molar-refractivity contribution >= 4 is 24.1 Å². The van der Waals surface area contributed by atoms with E-state index in [9.17, 15) is 4.57 Å². The maximum absolute atomic E-state index is 10.8. The molecule has 0 radical (unpaired) electrons. The molecule has 106 valence electrons. The molecule has 2 aromatic rings. The minimum absolute atomic E-state index is 0.457. The molecular weight excluding hydrogens is 299 g/mol. The van der Waals surface area contributed by atoms with Gasteiger partial charge in [0.15, 0.2) is 11.5 Å². The van der Waals surface area contributed by atoms with E-state index in [4.69, 9.17) is 20.3 Å². The molecule has 1 aromatic carbocycles. The molecule has 4 N–H and O–H groups in total. The maximum atomic E-state index is 10.8. The molecule has 0 atom stereocenters. The van der Waals surface area contributed by atoms with Crippen LogP contribution in [-0.4, -0.2) is 21.1 Å². The van der Waals surface area contributed by atoms with Gasteiger partial charge in [0.05, 0.1) is 5.69 Å². The normalized spacial score (nSPS) is 13.7. The molecule has 20 heavy (non-hydrogen) atoms. The van der Waals surface area contributed by atoms with E-state index in [1.165, 1.54) is 16.2 Å². The fourth-order valence-electron chi connectivity index (χ4n) is 2.25. The third-order valence-electron chi connectivity index (χ3n) is 3.07. The number of aryl methyl sites for hydroxylation is 2. The van der Waals surface area contributed by atoms with E-state index < -0.39 is 13.9 Å². The summed E-state index contributed by atoms with van der Waals surface area (Å²) in [5, 5.41) is 0.560. The average Bonchev–Trinajstić information content (AvgIpc) is 2.76. The Hall–Kier alpha value is -1.40. The fraction of sp³-hybridized carbons (Fsp3) is 0.250. The second-order valence-corrected chi connectivity index (χ2v) is 7.28. The van der Waals surface area contributed by atoms with Crippen molar-refractivity contribution in [2.45, 2.75) is 12.8 Å². The monoisotopic (exact) mass is 312 g/mol. The van der Waals surface area contributed by atoms with Crippen LogP contribution in [0.2, 0.25) is 0 Å². The van der Waals surface area contributed by atoms with Gasteiger partial charge >= 0.3 is 7.60 Å². The SMILES string of the molecule is Nc1nc2c(s1)CCc1cc(OCP(=O)(O)O)ccc1-2. The van der Waals surface area contributed by atoms with Crippen molar-refractivity contribution in [2.75, 3.05) is 12.1 Å². The number of hydrogen-bond donors (Lipinski definition) is 3. The molecule has 6 nitrogen and oxygen atoms in total. The number of thiazole rings is 1. The van der Waals surface area contributed by atoms with Gasteiger partial charge in [0.2, 0.25) is 0 Å². The summed E-state index contributed by atoms with van der Waals surface area (Å²) >= 11 is 1.50. The molecule has 0 aliphatic heterocycles. The van der Waals surface area contributed by atoms with Crippen LogP contribution in [0.1, 0.15) is 10.4 Å². The van der Waals surface area contributed by atoms with Gasteiger partial charge in [0, 0.05) is 10.4 Å². The van der Waals surface area contributed by atoms with Crippen LogP contribution < -0.4 is 10.5 Å². The number of benzene rings is 1. The Labute approximate surface area is 119 Å². The van der Waals surface area contributed by atoms with Gasteiger partial charge in [0.25, 0.3) is 0 Å². The summed E-state index contributed by atoms with van der Waals surface area (Å²) in [5.41, 5.74) is 8.73. The maximum Gasteiger partial charge on any atom is 0.362 e. The van der Waals surface area contributed by atoms with Crippen molar-refractivity contribution in [1.29, 1.82) is 0 Å². The lowest BCUT2D eigenvalue weighted by Crippen LogP contribution is -2.04. The van der Waals surface area contributed by atoms with E-state index in [-0.39, 0.29) is 0 Å². The van der Waals surface area contributed by atoms with E-state index >= 15 is 0 Å². The Morgan fingerprint density at radius 1 is 1.40 bits per heavy atom. The number of nitrogen functional groups attached to an aromatic ring is 1.